The Hall–Kier alpha value is -3.11. The quantitative estimate of drug-likeness (QED) is 0.280. The van der Waals surface area contributed by atoms with E-state index in [0.29, 0.717) is 49.2 Å². The molecule has 2 heterocycles. The third-order valence-corrected chi connectivity index (χ3v) is 6.84. The number of ketones is 1. The van der Waals surface area contributed by atoms with Crippen LogP contribution >= 0.6 is 0 Å². The molecule has 1 atom stereocenters. The van der Waals surface area contributed by atoms with Gasteiger partial charge in [-0.25, -0.2) is 0 Å². The molecule has 0 saturated carbocycles. The van der Waals surface area contributed by atoms with Crippen LogP contribution in [0.15, 0.2) is 36.4 Å². The van der Waals surface area contributed by atoms with Gasteiger partial charge in [0.2, 0.25) is 0 Å². The van der Waals surface area contributed by atoms with Crippen molar-refractivity contribution in [2.45, 2.75) is 25.3 Å². The Morgan fingerprint density at radius 2 is 1.68 bits per heavy atom. The highest BCUT2D eigenvalue weighted by molar-refractivity contribution is 6.05. The summed E-state index contributed by atoms with van der Waals surface area (Å²) in [7, 11) is 5.28. The smallest absolute Gasteiger partial charge is 0.189 e. The summed E-state index contributed by atoms with van der Waals surface area (Å²) in [5.74, 6) is 1.09. The van der Waals surface area contributed by atoms with Crippen LogP contribution in [0.3, 0.4) is 0 Å². The lowest BCUT2D eigenvalue weighted by Crippen LogP contribution is -2.41. The molecule has 0 saturated heterocycles. The molecule has 2 aliphatic rings. The van der Waals surface area contributed by atoms with Gasteiger partial charge in [-0.05, 0) is 37.6 Å². The number of fused-ring (bicyclic) bond motifs is 2. The molecule has 0 bridgehead atoms. The molecule has 0 aliphatic carbocycles. The molecule has 2 aromatic carbocycles. The summed E-state index contributed by atoms with van der Waals surface area (Å²) in [6, 6.07) is 9.21. The minimum atomic E-state index is -0.528. The molecule has 0 amide bonds. The lowest BCUT2D eigenvalue weighted by Gasteiger charge is -2.39. The van der Waals surface area contributed by atoms with Crippen molar-refractivity contribution in [3.05, 3.63) is 53.1 Å². The molecule has 9 nitrogen and oxygen atoms in total. The number of benzene rings is 2. The highest BCUT2D eigenvalue weighted by Gasteiger charge is 2.35. The highest BCUT2D eigenvalue weighted by atomic mass is 16.7. The third-order valence-electron chi connectivity index (χ3n) is 6.84. The van der Waals surface area contributed by atoms with E-state index in [9.17, 15) is 4.79 Å². The number of carbonyl (C=O) groups is 1. The van der Waals surface area contributed by atoms with Gasteiger partial charge in [0.15, 0.2) is 19.4 Å². The van der Waals surface area contributed by atoms with E-state index < -0.39 is 5.92 Å². The van der Waals surface area contributed by atoms with Gasteiger partial charge in [0, 0.05) is 44.7 Å². The lowest BCUT2D eigenvalue weighted by atomic mass is 9.85. The van der Waals surface area contributed by atoms with E-state index in [1.165, 1.54) is 0 Å². The first-order valence-electron chi connectivity index (χ1n) is 12.7. The molecular formula is C29H37NO8. The Balaban J connectivity index is 1.56. The second-order valence-electron chi connectivity index (χ2n) is 9.71. The summed E-state index contributed by atoms with van der Waals surface area (Å²) in [5.41, 5.74) is 3.15. The summed E-state index contributed by atoms with van der Waals surface area (Å²) < 4.78 is 38.7. The van der Waals surface area contributed by atoms with Crippen molar-refractivity contribution in [3.63, 3.8) is 0 Å². The number of ether oxygens (including phenoxy) is 7. The van der Waals surface area contributed by atoms with Crippen molar-refractivity contribution in [2.24, 2.45) is 0 Å². The van der Waals surface area contributed by atoms with Crippen molar-refractivity contribution in [1.82, 2.24) is 0 Å². The number of carbonyl (C=O) groups excluding carboxylic acids is 1. The lowest BCUT2D eigenvalue weighted by molar-refractivity contribution is -0.00920. The molecule has 1 unspecified atom stereocenters. The van der Waals surface area contributed by atoms with Crippen LogP contribution < -0.4 is 19.1 Å². The summed E-state index contributed by atoms with van der Waals surface area (Å²) in [6.45, 7) is 6.41. The Morgan fingerprint density at radius 1 is 0.974 bits per heavy atom. The Morgan fingerprint density at radius 3 is 2.39 bits per heavy atom. The van der Waals surface area contributed by atoms with Crippen LogP contribution in [-0.2, 0) is 18.9 Å². The Labute approximate surface area is 224 Å². The molecule has 9 heteroatoms. The zero-order valence-corrected chi connectivity index (χ0v) is 22.8. The van der Waals surface area contributed by atoms with Gasteiger partial charge < -0.3 is 38.1 Å². The number of nitrogens with zero attached hydrogens (tertiary/aromatic N) is 1. The number of hydrogen-bond acceptors (Lipinski definition) is 9. The maximum atomic E-state index is 13.7. The van der Waals surface area contributed by atoms with Gasteiger partial charge in [0.05, 0.1) is 43.4 Å². The molecule has 0 aromatic heterocycles. The summed E-state index contributed by atoms with van der Waals surface area (Å²) in [6.07, 6.45) is 4.25. The predicted octanol–water partition coefficient (Wildman–Crippen LogP) is 4.29. The standard InChI is InChI=1S/C29H37NO8/c1-29(2)9-8-20-14-23(27(16-25(20)30(29)3)38-19-35-13-11-33-5)24-17-36-26-15-21(6-7-22(26)28(24)31)37-18-34-12-10-32-4/h6-9,14-16,24H,10-13,17-19H2,1-5H3. The Kier molecular flexibility index (Phi) is 9.27. The van der Waals surface area contributed by atoms with E-state index in [4.69, 9.17) is 33.2 Å². The maximum Gasteiger partial charge on any atom is 0.189 e. The average molecular weight is 528 g/mol. The fraction of sp³-hybridized carbons (Fsp3) is 0.483. The van der Waals surface area contributed by atoms with E-state index >= 15 is 0 Å². The van der Waals surface area contributed by atoms with Crippen LogP contribution in [0, 0.1) is 0 Å². The van der Waals surface area contributed by atoms with Crippen molar-refractivity contribution < 1.29 is 38.0 Å². The highest BCUT2D eigenvalue weighted by Crippen LogP contribution is 2.43. The zero-order valence-electron chi connectivity index (χ0n) is 22.8. The van der Waals surface area contributed by atoms with E-state index in [-0.39, 0.29) is 31.5 Å². The fourth-order valence-electron chi connectivity index (χ4n) is 4.34. The molecular weight excluding hydrogens is 490 g/mol. The second-order valence-corrected chi connectivity index (χ2v) is 9.71. The number of rotatable bonds is 13. The Bertz CT molecular complexity index is 1150. The summed E-state index contributed by atoms with van der Waals surface area (Å²) in [5, 5.41) is 0. The molecule has 0 radical (unpaired) electrons. The molecule has 0 fully saturated rings. The SMILES string of the molecule is COCCOCOc1ccc2c(c1)OCC(c1cc3c(cc1OCOCCOC)N(C)C(C)(C)C=C3)C2=O. The van der Waals surface area contributed by atoms with Gasteiger partial charge in [0.1, 0.15) is 23.9 Å². The van der Waals surface area contributed by atoms with Gasteiger partial charge in [-0.1, -0.05) is 12.2 Å². The monoisotopic (exact) mass is 527 g/mol. The summed E-state index contributed by atoms with van der Waals surface area (Å²) >= 11 is 0. The van der Waals surface area contributed by atoms with Crippen LogP contribution in [0.1, 0.15) is 41.3 Å². The molecule has 2 aromatic rings. The van der Waals surface area contributed by atoms with Crippen LogP contribution in [0.4, 0.5) is 5.69 Å². The minimum absolute atomic E-state index is 0.0345. The van der Waals surface area contributed by atoms with Crippen molar-refractivity contribution >= 4 is 17.5 Å². The molecule has 206 valence electrons. The average Bonchev–Trinajstić information content (AvgIpc) is 2.91. The fourth-order valence-corrected chi connectivity index (χ4v) is 4.34. The molecule has 2 aliphatic heterocycles. The number of likely N-dealkylation sites (N-methyl/N-ethyl adjacent to an activating group) is 1. The van der Waals surface area contributed by atoms with Crippen molar-refractivity contribution in [2.75, 3.05) is 72.8 Å². The van der Waals surface area contributed by atoms with E-state index in [2.05, 4.69) is 30.9 Å². The van der Waals surface area contributed by atoms with E-state index in [1.54, 1.807) is 32.4 Å². The molecule has 38 heavy (non-hydrogen) atoms. The first kappa shape index (κ1) is 27.9. The first-order chi connectivity index (χ1) is 18.4. The number of hydrogen-bond donors (Lipinski definition) is 0. The predicted molar refractivity (Wildman–Crippen MR) is 144 cm³/mol. The maximum absolute atomic E-state index is 13.7. The molecule has 4 rings (SSSR count). The van der Waals surface area contributed by atoms with E-state index in [0.717, 1.165) is 16.8 Å². The van der Waals surface area contributed by atoms with Crippen LogP contribution in [0.5, 0.6) is 17.2 Å². The van der Waals surface area contributed by atoms with Crippen molar-refractivity contribution in [3.8, 4) is 17.2 Å². The number of Topliss-reactive ketones (excluding diaryl/α,β-unsaturated/α-hetero) is 1. The number of anilines is 1. The topological polar surface area (TPSA) is 84.9 Å². The molecule has 0 N–H and O–H groups in total. The minimum Gasteiger partial charge on any atom is -0.492 e. The van der Waals surface area contributed by atoms with Gasteiger partial charge in [-0.15, -0.1) is 0 Å². The second kappa shape index (κ2) is 12.6. The first-order valence-corrected chi connectivity index (χ1v) is 12.7. The zero-order chi connectivity index (χ0) is 27.1. The molecule has 0 spiro atoms. The van der Waals surface area contributed by atoms with E-state index in [1.807, 2.05) is 19.2 Å². The summed E-state index contributed by atoms with van der Waals surface area (Å²) in [4.78, 5) is 15.9. The van der Waals surface area contributed by atoms with Crippen LogP contribution in [0.25, 0.3) is 6.08 Å². The number of methoxy groups -OCH3 is 2. The van der Waals surface area contributed by atoms with Gasteiger partial charge in [-0.3, -0.25) is 4.79 Å². The van der Waals surface area contributed by atoms with Gasteiger partial charge >= 0.3 is 0 Å². The van der Waals surface area contributed by atoms with Crippen LogP contribution in [-0.4, -0.2) is 79.2 Å². The normalized spacial score (nSPS) is 17.6. The van der Waals surface area contributed by atoms with Gasteiger partial charge in [0.25, 0.3) is 0 Å². The van der Waals surface area contributed by atoms with Crippen LogP contribution in [0.2, 0.25) is 0 Å². The third kappa shape index (κ3) is 6.30. The largest absolute Gasteiger partial charge is 0.492 e. The van der Waals surface area contributed by atoms with Gasteiger partial charge in [-0.2, -0.15) is 0 Å². The van der Waals surface area contributed by atoms with Crippen molar-refractivity contribution in [1.29, 1.82) is 0 Å².